The second-order valence-electron chi connectivity index (χ2n) is 2.68. The van der Waals surface area contributed by atoms with E-state index in [1.807, 2.05) is 24.3 Å². The molecule has 1 heterocycles. The molecule has 0 saturated heterocycles. The molecule has 0 aliphatic carbocycles. The molecule has 0 bridgehead atoms. The van der Waals surface area contributed by atoms with E-state index in [4.69, 9.17) is 0 Å². The number of nitrogens with one attached hydrogen (secondary N) is 1. The van der Waals surface area contributed by atoms with Crippen molar-refractivity contribution in [3.8, 4) is 0 Å². The summed E-state index contributed by atoms with van der Waals surface area (Å²) in [5.41, 5.74) is 1.07. The normalized spacial score (nSPS) is 10.2. The molecule has 0 unspecified atom stereocenters. The molecule has 15 heavy (non-hydrogen) atoms. The molecule has 0 atom stereocenters. The van der Waals surface area contributed by atoms with Crippen molar-refractivity contribution in [1.82, 2.24) is 10.2 Å². The van der Waals surface area contributed by atoms with Crippen molar-refractivity contribution in [2.75, 3.05) is 0 Å². The molecule has 0 radical (unpaired) electrons. The summed E-state index contributed by atoms with van der Waals surface area (Å²) in [5, 5.41) is 10.6. The lowest BCUT2D eigenvalue weighted by Crippen LogP contribution is -3.00. The first-order chi connectivity index (χ1) is 6.84. The molecule has 0 spiro atoms. The fourth-order valence-corrected chi connectivity index (χ4v) is 1.32. The van der Waals surface area contributed by atoms with Crippen molar-refractivity contribution >= 4 is 28.8 Å². The molecule has 1 aromatic heterocycles. The maximum Gasteiger partial charge on any atom is 0.288 e. The van der Waals surface area contributed by atoms with Crippen molar-refractivity contribution < 1.29 is 17.1 Å². The molecule has 2 aromatic rings. The average molecular weight is 335 g/mol. The number of benzene rings is 1. The standard InChI is InChI=1S/C9H7IN4.ClH/c10-9-3-1-8(2-4-9)5-13-14-6-11-12-7-14;/h1-7H;1H/b13-5+;. The molecule has 0 amide bonds. The predicted molar refractivity (Wildman–Crippen MR) is 60.9 cm³/mol. The number of aromatic amines is 1. The average Bonchev–Trinajstić information content (AvgIpc) is 2.70. The van der Waals surface area contributed by atoms with E-state index in [-0.39, 0.29) is 12.4 Å². The van der Waals surface area contributed by atoms with Gasteiger partial charge in [-0.2, -0.15) is 0 Å². The van der Waals surface area contributed by atoms with Crippen LogP contribution in [0.4, 0.5) is 0 Å². The molecule has 1 aromatic carbocycles. The minimum absolute atomic E-state index is 0. The van der Waals surface area contributed by atoms with Gasteiger partial charge in [-0.3, -0.25) is 0 Å². The Bertz CT molecular complexity index is 424. The van der Waals surface area contributed by atoms with Crippen LogP contribution in [0.2, 0.25) is 0 Å². The van der Waals surface area contributed by atoms with Crippen LogP contribution in [-0.2, 0) is 0 Å². The van der Waals surface area contributed by atoms with E-state index in [1.165, 1.54) is 3.57 Å². The predicted octanol–water partition coefficient (Wildman–Crippen LogP) is -1.81. The molecule has 0 aliphatic heterocycles. The van der Waals surface area contributed by atoms with Gasteiger partial charge in [-0.15, -0.1) is 14.9 Å². The maximum absolute atomic E-state index is 4.16. The molecular formula is C9H8ClIN4. The van der Waals surface area contributed by atoms with Gasteiger partial charge in [0.05, 0.1) is 6.21 Å². The van der Waals surface area contributed by atoms with Gasteiger partial charge in [0.25, 0.3) is 6.33 Å². The number of hydrogen-bond acceptors (Lipinski definition) is 2. The second-order valence-corrected chi connectivity index (χ2v) is 3.92. The van der Waals surface area contributed by atoms with Crippen LogP contribution in [0.5, 0.6) is 0 Å². The van der Waals surface area contributed by atoms with Crippen molar-refractivity contribution in [2.24, 2.45) is 5.10 Å². The summed E-state index contributed by atoms with van der Waals surface area (Å²) in [4.78, 5) is 0. The van der Waals surface area contributed by atoms with Gasteiger partial charge < -0.3 is 12.4 Å². The highest BCUT2D eigenvalue weighted by atomic mass is 127. The smallest absolute Gasteiger partial charge is 0.288 e. The molecule has 2 rings (SSSR count). The van der Waals surface area contributed by atoms with Gasteiger partial charge >= 0.3 is 0 Å². The first-order valence-corrected chi connectivity index (χ1v) is 5.12. The monoisotopic (exact) mass is 334 g/mol. The second kappa shape index (κ2) is 5.82. The Morgan fingerprint density at radius 3 is 2.67 bits per heavy atom. The summed E-state index contributed by atoms with van der Waals surface area (Å²) in [7, 11) is 0. The minimum Gasteiger partial charge on any atom is -1.00 e. The van der Waals surface area contributed by atoms with Crippen molar-refractivity contribution in [3.63, 3.8) is 0 Å². The Morgan fingerprint density at radius 2 is 2.07 bits per heavy atom. The summed E-state index contributed by atoms with van der Waals surface area (Å²) in [6.07, 6.45) is 5.05. The minimum atomic E-state index is 0. The quantitative estimate of drug-likeness (QED) is 0.393. The van der Waals surface area contributed by atoms with E-state index in [0.29, 0.717) is 0 Å². The lowest BCUT2D eigenvalue weighted by atomic mass is 10.2. The first kappa shape index (κ1) is 12.1. The molecule has 4 nitrogen and oxygen atoms in total. The molecule has 1 N–H and O–H groups in total. The SMILES string of the molecule is Ic1ccc(/C=N/[n+]2cn[nH]c2)cc1.[Cl-]. The number of nitrogens with zero attached hydrogens (tertiary/aromatic N) is 3. The molecule has 6 heteroatoms. The number of H-pyrrole nitrogens is 1. The van der Waals surface area contributed by atoms with Gasteiger partial charge in [-0.25, -0.2) is 0 Å². The van der Waals surface area contributed by atoms with Crippen molar-refractivity contribution in [2.45, 2.75) is 0 Å². The lowest BCUT2D eigenvalue weighted by Gasteiger charge is -1.91. The summed E-state index contributed by atoms with van der Waals surface area (Å²) < 4.78 is 2.83. The molecule has 0 aliphatic rings. The van der Waals surface area contributed by atoms with Gasteiger partial charge in [0, 0.05) is 8.67 Å². The van der Waals surface area contributed by atoms with Crippen molar-refractivity contribution in [3.05, 3.63) is 46.1 Å². The molecular weight excluding hydrogens is 326 g/mol. The first-order valence-electron chi connectivity index (χ1n) is 4.04. The Kier molecular flexibility index (Phi) is 4.70. The van der Waals surface area contributed by atoms with E-state index < -0.39 is 0 Å². The van der Waals surface area contributed by atoms with Crippen LogP contribution in [0.15, 0.2) is 42.0 Å². The Balaban J connectivity index is 0.00000112. The Hall–Kier alpha value is -0.950. The van der Waals surface area contributed by atoms with E-state index in [1.54, 1.807) is 23.5 Å². The topological polar surface area (TPSA) is 44.9 Å². The summed E-state index contributed by atoms with van der Waals surface area (Å²) in [6, 6.07) is 8.13. The van der Waals surface area contributed by atoms with Crippen LogP contribution in [0.1, 0.15) is 5.56 Å². The fourth-order valence-electron chi connectivity index (χ4n) is 0.964. The summed E-state index contributed by atoms with van der Waals surface area (Å²) in [5.74, 6) is 0. The summed E-state index contributed by atoms with van der Waals surface area (Å²) >= 11 is 2.27. The van der Waals surface area contributed by atoms with Crippen LogP contribution in [0.25, 0.3) is 0 Å². The van der Waals surface area contributed by atoms with Crippen LogP contribution in [0, 0.1) is 3.57 Å². The van der Waals surface area contributed by atoms with Crippen LogP contribution >= 0.6 is 22.6 Å². The zero-order valence-corrected chi connectivity index (χ0v) is 10.6. The zero-order valence-electron chi connectivity index (χ0n) is 7.64. The Morgan fingerprint density at radius 1 is 1.33 bits per heavy atom. The molecule has 78 valence electrons. The van der Waals surface area contributed by atoms with E-state index in [2.05, 4.69) is 37.9 Å². The third kappa shape index (κ3) is 3.60. The van der Waals surface area contributed by atoms with E-state index in [0.717, 1.165) is 5.56 Å². The fraction of sp³-hybridized carbons (Fsp3) is 0. The highest BCUT2D eigenvalue weighted by Crippen LogP contribution is 2.04. The summed E-state index contributed by atoms with van der Waals surface area (Å²) in [6.45, 7) is 0. The van der Waals surface area contributed by atoms with Gasteiger partial charge in [0.1, 0.15) is 0 Å². The highest BCUT2D eigenvalue weighted by molar-refractivity contribution is 14.1. The number of aromatic nitrogens is 3. The molecule has 0 fully saturated rings. The Labute approximate surface area is 107 Å². The third-order valence-corrected chi connectivity index (χ3v) is 2.37. The maximum atomic E-state index is 4.16. The van der Waals surface area contributed by atoms with Crippen molar-refractivity contribution in [1.29, 1.82) is 0 Å². The van der Waals surface area contributed by atoms with Crippen LogP contribution in [0.3, 0.4) is 0 Å². The zero-order chi connectivity index (χ0) is 9.80. The molecule has 0 saturated carbocycles. The van der Waals surface area contributed by atoms with Crippen LogP contribution in [-0.4, -0.2) is 16.4 Å². The highest BCUT2D eigenvalue weighted by Gasteiger charge is 1.92. The number of rotatable bonds is 2. The van der Waals surface area contributed by atoms with Crippen LogP contribution < -0.4 is 17.1 Å². The number of hydrogen-bond donors (Lipinski definition) is 1. The lowest BCUT2D eigenvalue weighted by molar-refractivity contribution is -0.678. The van der Waals surface area contributed by atoms with Gasteiger partial charge in [-0.1, -0.05) is 12.1 Å². The van der Waals surface area contributed by atoms with Gasteiger partial charge in [0.15, 0.2) is 0 Å². The van der Waals surface area contributed by atoms with Gasteiger partial charge in [-0.05, 0) is 40.3 Å². The van der Waals surface area contributed by atoms with Gasteiger partial charge in [0.2, 0.25) is 6.33 Å². The number of halogens is 2. The van der Waals surface area contributed by atoms with E-state index in [9.17, 15) is 0 Å². The largest absolute Gasteiger partial charge is 1.00 e. The third-order valence-electron chi connectivity index (χ3n) is 1.65. The van der Waals surface area contributed by atoms with E-state index >= 15 is 0 Å².